The second kappa shape index (κ2) is 8.47. The highest BCUT2D eigenvalue weighted by Crippen LogP contribution is 2.47. The van der Waals surface area contributed by atoms with Gasteiger partial charge in [0.15, 0.2) is 0 Å². The minimum Gasteiger partial charge on any atom is -0.496 e. The number of halogens is 2. The minimum atomic E-state index is -2.87. The smallest absolute Gasteiger partial charge is 0.387 e. The van der Waals surface area contributed by atoms with Crippen molar-refractivity contribution in [2.75, 3.05) is 20.0 Å². The molecule has 2 aromatic rings. The van der Waals surface area contributed by atoms with Gasteiger partial charge in [-0.3, -0.25) is 4.79 Å². The van der Waals surface area contributed by atoms with Crippen molar-refractivity contribution in [2.45, 2.75) is 18.5 Å². The number of rotatable bonds is 7. The molecular formula is C19H19F2NO4S. The molecule has 0 radical (unpaired) electrons. The number of carbonyl (C=O) groups excluding carboxylic acids is 1. The molecular weight excluding hydrogens is 376 g/mol. The third-order valence-corrected chi connectivity index (χ3v) is 5.40. The SMILES string of the molecule is COc1cccc(OC)c1C1SCC(=O)N1Cc1ccc(OC(F)F)cc1. The molecule has 5 nitrogen and oxygen atoms in total. The van der Waals surface area contributed by atoms with E-state index in [2.05, 4.69) is 4.74 Å². The van der Waals surface area contributed by atoms with E-state index in [1.54, 1.807) is 31.3 Å². The molecule has 0 spiro atoms. The molecule has 1 atom stereocenters. The summed E-state index contributed by atoms with van der Waals surface area (Å²) < 4.78 is 39.9. The first-order chi connectivity index (χ1) is 13.0. The molecule has 1 saturated heterocycles. The molecule has 0 aromatic heterocycles. The largest absolute Gasteiger partial charge is 0.496 e. The summed E-state index contributed by atoms with van der Waals surface area (Å²) in [6.07, 6.45) is 0. The van der Waals surface area contributed by atoms with E-state index < -0.39 is 6.61 Å². The molecule has 0 saturated carbocycles. The van der Waals surface area contributed by atoms with Crippen LogP contribution in [-0.2, 0) is 11.3 Å². The number of thioether (sulfide) groups is 1. The zero-order valence-electron chi connectivity index (χ0n) is 14.9. The van der Waals surface area contributed by atoms with E-state index in [-0.39, 0.29) is 17.0 Å². The summed E-state index contributed by atoms with van der Waals surface area (Å²) in [5, 5.41) is -0.263. The number of hydrogen-bond donors (Lipinski definition) is 0. The van der Waals surface area contributed by atoms with Crippen molar-refractivity contribution < 1.29 is 27.8 Å². The van der Waals surface area contributed by atoms with Crippen LogP contribution in [-0.4, -0.2) is 37.4 Å². The van der Waals surface area contributed by atoms with Gasteiger partial charge in [-0.25, -0.2) is 0 Å². The number of methoxy groups -OCH3 is 2. The van der Waals surface area contributed by atoms with Crippen LogP contribution in [0.4, 0.5) is 8.78 Å². The van der Waals surface area contributed by atoms with Crippen LogP contribution < -0.4 is 14.2 Å². The van der Waals surface area contributed by atoms with Crippen molar-refractivity contribution in [2.24, 2.45) is 0 Å². The summed E-state index contributed by atoms with van der Waals surface area (Å²) in [5.41, 5.74) is 1.61. The van der Waals surface area contributed by atoms with Crippen molar-refractivity contribution >= 4 is 17.7 Å². The quantitative estimate of drug-likeness (QED) is 0.707. The van der Waals surface area contributed by atoms with Gasteiger partial charge >= 0.3 is 6.61 Å². The molecule has 8 heteroatoms. The van der Waals surface area contributed by atoms with Gasteiger partial charge in [-0.1, -0.05) is 18.2 Å². The third-order valence-electron chi connectivity index (χ3n) is 4.18. The Bertz CT molecular complexity index is 779. The van der Waals surface area contributed by atoms with Crippen LogP contribution in [0.5, 0.6) is 17.2 Å². The van der Waals surface area contributed by atoms with Crippen LogP contribution in [0.1, 0.15) is 16.5 Å². The Balaban J connectivity index is 1.85. The van der Waals surface area contributed by atoms with Crippen LogP contribution in [0.3, 0.4) is 0 Å². The second-order valence-electron chi connectivity index (χ2n) is 5.78. The number of amides is 1. The Morgan fingerprint density at radius 3 is 2.30 bits per heavy atom. The Morgan fingerprint density at radius 2 is 1.74 bits per heavy atom. The fourth-order valence-corrected chi connectivity index (χ4v) is 4.20. The van der Waals surface area contributed by atoms with E-state index in [0.717, 1.165) is 11.1 Å². The molecule has 1 heterocycles. The number of carbonyl (C=O) groups is 1. The number of ether oxygens (including phenoxy) is 3. The zero-order valence-corrected chi connectivity index (χ0v) is 15.7. The van der Waals surface area contributed by atoms with Gasteiger partial charge in [0.1, 0.15) is 22.6 Å². The summed E-state index contributed by atoms with van der Waals surface area (Å²) in [7, 11) is 3.15. The fraction of sp³-hybridized carbons (Fsp3) is 0.316. The Hall–Kier alpha value is -2.48. The van der Waals surface area contributed by atoms with Gasteiger partial charge in [-0.05, 0) is 29.8 Å². The molecule has 27 heavy (non-hydrogen) atoms. The normalized spacial score (nSPS) is 16.7. The van der Waals surface area contributed by atoms with E-state index in [1.165, 1.54) is 23.9 Å². The summed E-state index contributed by atoms with van der Waals surface area (Å²) in [5.74, 6) is 1.71. The average Bonchev–Trinajstić information content (AvgIpc) is 3.02. The van der Waals surface area contributed by atoms with Crippen molar-refractivity contribution in [1.29, 1.82) is 0 Å². The van der Waals surface area contributed by atoms with E-state index in [9.17, 15) is 13.6 Å². The second-order valence-corrected chi connectivity index (χ2v) is 6.85. The first kappa shape index (κ1) is 19.3. The van der Waals surface area contributed by atoms with Gasteiger partial charge in [0.05, 0.1) is 25.5 Å². The molecule has 0 aliphatic carbocycles. The van der Waals surface area contributed by atoms with Gasteiger partial charge < -0.3 is 19.1 Å². The number of hydrogen-bond acceptors (Lipinski definition) is 5. The average molecular weight is 395 g/mol. The zero-order chi connectivity index (χ0) is 19.4. The van der Waals surface area contributed by atoms with E-state index >= 15 is 0 Å². The van der Waals surface area contributed by atoms with E-state index in [1.807, 2.05) is 18.2 Å². The number of alkyl halides is 2. The third kappa shape index (κ3) is 4.27. The first-order valence-corrected chi connectivity index (χ1v) is 9.24. The van der Waals surface area contributed by atoms with Crippen LogP contribution in [0.2, 0.25) is 0 Å². The first-order valence-electron chi connectivity index (χ1n) is 8.19. The lowest BCUT2D eigenvalue weighted by Gasteiger charge is -2.27. The van der Waals surface area contributed by atoms with Crippen molar-refractivity contribution in [3.63, 3.8) is 0 Å². The van der Waals surface area contributed by atoms with Gasteiger partial charge in [-0.2, -0.15) is 8.78 Å². The molecule has 1 aliphatic heterocycles. The number of benzene rings is 2. The van der Waals surface area contributed by atoms with Crippen molar-refractivity contribution in [3.05, 3.63) is 53.6 Å². The molecule has 1 aliphatic rings. The summed E-state index contributed by atoms with van der Waals surface area (Å²) in [6, 6.07) is 11.8. The highest BCUT2D eigenvalue weighted by atomic mass is 32.2. The maximum atomic E-state index is 12.5. The van der Waals surface area contributed by atoms with E-state index in [0.29, 0.717) is 23.8 Å². The Morgan fingerprint density at radius 1 is 1.11 bits per heavy atom. The Kier molecular flexibility index (Phi) is 6.05. The van der Waals surface area contributed by atoms with Gasteiger partial charge in [-0.15, -0.1) is 11.8 Å². The lowest BCUT2D eigenvalue weighted by molar-refractivity contribution is -0.128. The summed E-state index contributed by atoms with van der Waals surface area (Å²) in [6.45, 7) is -2.53. The predicted molar refractivity (Wildman–Crippen MR) is 98.4 cm³/mol. The molecule has 0 N–H and O–H groups in total. The maximum Gasteiger partial charge on any atom is 0.387 e. The van der Waals surface area contributed by atoms with Crippen LogP contribution >= 0.6 is 11.8 Å². The lowest BCUT2D eigenvalue weighted by atomic mass is 10.1. The molecule has 3 rings (SSSR count). The fourth-order valence-electron chi connectivity index (χ4n) is 2.96. The summed E-state index contributed by atoms with van der Waals surface area (Å²) >= 11 is 1.49. The number of nitrogens with zero attached hydrogens (tertiary/aromatic N) is 1. The van der Waals surface area contributed by atoms with Crippen LogP contribution in [0.25, 0.3) is 0 Å². The predicted octanol–water partition coefficient (Wildman–Crippen LogP) is 4.08. The minimum absolute atomic E-state index is 0.00846. The highest BCUT2D eigenvalue weighted by molar-refractivity contribution is 8.00. The molecule has 1 unspecified atom stereocenters. The van der Waals surface area contributed by atoms with Crippen LogP contribution in [0, 0.1) is 0 Å². The molecule has 0 bridgehead atoms. The standard InChI is InChI=1S/C19H19F2NO4S/c1-24-14-4-3-5-15(25-2)17(14)18-22(16(23)11-27-18)10-12-6-8-13(9-7-12)26-19(20)21/h3-9,18-19H,10-11H2,1-2H3. The van der Waals surface area contributed by atoms with Crippen LogP contribution in [0.15, 0.2) is 42.5 Å². The topological polar surface area (TPSA) is 48.0 Å². The molecule has 144 valence electrons. The maximum absolute atomic E-state index is 12.5. The molecule has 1 amide bonds. The Labute approximate surface area is 160 Å². The monoisotopic (exact) mass is 395 g/mol. The van der Waals surface area contributed by atoms with Crippen molar-refractivity contribution in [1.82, 2.24) is 4.90 Å². The lowest BCUT2D eigenvalue weighted by Crippen LogP contribution is -2.28. The van der Waals surface area contributed by atoms with Gasteiger partial charge in [0.2, 0.25) is 5.91 Å². The van der Waals surface area contributed by atoms with Gasteiger partial charge in [0.25, 0.3) is 0 Å². The highest BCUT2D eigenvalue weighted by Gasteiger charge is 2.36. The molecule has 2 aromatic carbocycles. The summed E-state index contributed by atoms with van der Waals surface area (Å²) in [4.78, 5) is 14.2. The van der Waals surface area contributed by atoms with Gasteiger partial charge in [0, 0.05) is 6.54 Å². The van der Waals surface area contributed by atoms with E-state index in [4.69, 9.17) is 9.47 Å². The molecule has 1 fully saturated rings. The van der Waals surface area contributed by atoms with Crippen molar-refractivity contribution in [3.8, 4) is 17.2 Å².